The van der Waals surface area contributed by atoms with Gasteiger partial charge in [-0.3, -0.25) is 9.63 Å². The second kappa shape index (κ2) is 9.64. The molecular weight excluding hydrogens is 396 g/mol. The number of ether oxygens (including phenoxy) is 1. The number of rotatable bonds is 8. The molecule has 0 saturated carbocycles. The van der Waals surface area contributed by atoms with Crippen molar-refractivity contribution in [3.8, 4) is 0 Å². The average molecular weight is 420 g/mol. The topological polar surface area (TPSA) is 93.2 Å². The number of anilines is 1. The number of benzene rings is 2. The van der Waals surface area contributed by atoms with Crippen LogP contribution in [0.15, 0.2) is 59.5 Å². The molecule has 0 heterocycles. The third-order valence-electron chi connectivity index (χ3n) is 4.27. The summed E-state index contributed by atoms with van der Waals surface area (Å²) in [6.45, 7) is 3.75. The molecule has 8 nitrogen and oxygen atoms in total. The molecule has 9 heteroatoms. The van der Waals surface area contributed by atoms with Crippen LogP contribution in [-0.4, -0.2) is 51.6 Å². The highest BCUT2D eigenvalue weighted by Gasteiger charge is 2.25. The summed E-state index contributed by atoms with van der Waals surface area (Å²) in [6, 6.07) is 14.3. The summed E-state index contributed by atoms with van der Waals surface area (Å²) in [5, 5.41) is 0. The third kappa shape index (κ3) is 5.20. The zero-order valence-electron chi connectivity index (χ0n) is 16.7. The van der Waals surface area contributed by atoms with E-state index in [1.165, 1.54) is 50.2 Å². The lowest BCUT2D eigenvalue weighted by atomic mass is 10.2. The molecule has 0 aromatic heterocycles. The van der Waals surface area contributed by atoms with E-state index < -0.39 is 22.1 Å². The van der Waals surface area contributed by atoms with Crippen molar-refractivity contribution in [3.05, 3.63) is 60.2 Å². The van der Waals surface area contributed by atoms with Crippen molar-refractivity contribution < 1.29 is 27.6 Å². The number of likely N-dealkylation sites (N-methyl/N-ethyl adjacent to an activating group) is 1. The molecule has 2 aromatic carbocycles. The van der Waals surface area contributed by atoms with Gasteiger partial charge in [0.25, 0.3) is 15.9 Å². The van der Waals surface area contributed by atoms with Crippen LogP contribution in [0.1, 0.15) is 24.2 Å². The van der Waals surface area contributed by atoms with E-state index in [-0.39, 0.29) is 16.4 Å². The van der Waals surface area contributed by atoms with Gasteiger partial charge in [-0.15, -0.1) is 0 Å². The van der Waals surface area contributed by atoms with Gasteiger partial charge in [-0.25, -0.2) is 13.2 Å². The zero-order valence-corrected chi connectivity index (χ0v) is 17.5. The van der Waals surface area contributed by atoms with Crippen LogP contribution in [0.3, 0.4) is 0 Å². The Balaban J connectivity index is 2.10. The molecule has 0 spiro atoms. The van der Waals surface area contributed by atoms with Gasteiger partial charge in [0, 0.05) is 19.3 Å². The van der Waals surface area contributed by atoms with Gasteiger partial charge in [0.05, 0.1) is 17.6 Å². The Morgan fingerprint density at radius 3 is 2.14 bits per heavy atom. The maximum absolute atomic E-state index is 12.7. The van der Waals surface area contributed by atoms with Crippen LogP contribution in [0, 0.1) is 0 Å². The largest absolute Gasteiger partial charge is 0.449 e. The van der Waals surface area contributed by atoms with E-state index in [4.69, 9.17) is 9.57 Å². The van der Waals surface area contributed by atoms with Crippen molar-refractivity contribution in [2.24, 2.45) is 0 Å². The van der Waals surface area contributed by atoms with E-state index >= 15 is 0 Å². The van der Waals surface area contributed by atoms with Crippen LogP contribution in [0.2, 0.25) is 0 Å². The van der Waals surface area contributed by atoms with Crippen molar-refractivity contribution >= 4 is 27.6 Å². The number of hydroxylamine groups is 1. The van der Waals surface area contributed by atoms with Crippen LogP contribution in [0.5, 0.6) is 0 Å². The molecular formula is C20H24N2O6S. The van der Waals surface area contributed by atoms with E-state index in [0.717, 1.165) is 0 Å². The van der Waals surface area contributed by atoms with Crippen molar-refractivity contribution in [3.63, 3.8) is 0 Å². The summed E-state index contributed by atoms with van der Waals surface area (Å²) in [5.74, 6) is -1.08. The first-order valence-corrected chi connectivity index (χ1v) is 10.4. The molecule has 0 bridgehead atoms. The molecule has 0 fully saturated rings. The van der Waals surface area contributed by atoms with Crippen LogP contribution in [0.25, 0.3) is 0 Å². The van der Waals surface area contributed by atoms with Gasteiger partial charge in [0.15, 0.2) is 6.10 Å². The summed E-state index contributed by atoms with van der Waals surface area (Å²) >= 11 is 0. The lowest BCUT2D eigenvalue weighted by Crippen LogP contribution is -2.40. The third-order valence-corrected chi connectivity index (χ3v) is 5.96. The molecule has 0 aliphatic carbocycles. The van der Waals surface area contributed by atoms with Crippen molar-refractivity contribution in [2.45, 2.75) is 24.8 Å². The molecule has 0 unspecified atom stereocenters. The van der Waals surface area contributed by atoms with E-state index in [1.807, 2.05) is 25.1 Å². The number of amides is 1. The highest BCUT2D eigenvalue weighted by molar-refractivity contribution is 7.89. The van der Waals surface area contributed by atoms with Gasteiger partial charge in [0.2, 0.25) is 0 Å². The molecule has 1 atom stereocenters. The number of carbonyl (C=O) groups excluding carboxylic acids is 2. The second-order valence-corrected chi connectivity index (χ2v) is 8.02. The molecule has 0 N–H and O–H groups in total. The predicted octanol–water partition coefficient (Wildman–Crippen LogP) is 2.47. The second-order valence-electron chi connectivity index (χ2n) is 6.09. The Kier molecular flexibility index (Phi) is 7.49. The predicted molar refractivity (Wildman–Crippen MR) is 108 cm³/mol. The Bertz CT molecular complexity index is 945. The normalized spacial score (nSPS) is 12.4. The molecule has 2 aromatic rings. The molecule has 156 valence electrons. The first-order chi connectivity index (χ1) is 13.7. The molecule has 29 heavy (non-hydrogen) atoms. The lowest BCUT2D eigenvalue weighted by Gasteiger charge is -2.24. The summed E-state index contributed by atoms with van der Waals surface area (Å²) in [7, 11) is -1.32. The number of carbonyl (C=O) groups is 2. The lowest BCUT2D eigenvalue weighted by molar-refractivity contribution is -0.126. The molecule has 0 aliphatic rings. The minimum Gasteiger partial charge on any atom is -0.449 e. The molecule has 2 rings (SSSR count). The van der Waals surface area contributed by atoms with Gasteiger partial charge in [0.1, 0.15) is 0 Å². The van der Waals surface area contributed by atoms with Crippen LogP contribution in [-0.2, 0) is 24.4 Å². The monoisotopic (exact) mass is 420 g/mol. The van der Waals surface area contributed by atoms with Gasteiger partial charge in [-0.1, -0.05) is 22.7 Å². The maximum Gasteiger partial charge on any atom is 0.338 e. The fourth-order valence-electron chi connectivity index (χ4n) is 2.58. The van der Waals surface area contributed by atoms with Crippen molar-refractivity contribution in [2.75, 3.05) is 25.6 Å². The smallest absolute Gasteiger partial charge is 0.338 e. The number of esters is 1. The molecule has 1 amide bonds. The fraction of sp³-hybridized carbons (Fsp3) is 0.300. The van der Waals surface area contributed by atoms with Crippen LogP contribution >= 0.6 is 0 Å². The highest BCUT2D eigenvalue weighted by atomic mass is 32.2. The Morgan fingerprint density at radius 1 is 1.03 bits per heavy atom. The summed E-state index contributed by atoms with van der Waals surface area (Å²) < 4.78 is 30.4. The Hall–Kier alpha value is -2.75. The number of nitrogens with zero attached hydrogens (tertiary/aromatic N) is 2. The molecule has 0 saturated heterocycles. The van der Waals surface area contributed by atoms with Gasteiger partial charge >= 0.3 is 5.97 Å². The highest BCUT2D eigenvalue weighted by Crippen LogP contribution is 2.18. The van der Waals surface area contributed by atoms with Crippen molar-refractivity contribution in [1.82, 2.24) is 4.47 Å². The van der Waals surface area contributed by atoms with E-state index in [1.54, 1.807) is 12.1 Å². The number of sulfonamides is 1. The quantitative estimate of drug-likeness (QED) is 0.481. The summed E-state index contributed by atoms with van der Waals surface area (Å²) in [5.41, 5.74) is 0.839. The number of hydrogen-bond donors (Lipinski definition) is 0. The molecule has 0 aliphatic heterocycles. The van der Waals surface area contributed by atoms with E-state index in [2.05, 4.69) is 0 Å². The van der Waals surface area contributed by atoms with Crippen LogP contribution < -0.4 is 4.90 Å². The standard InChI is InChI=1S/C20H24N2O6S/c1-5-22(17-9-7-6-8-10-17)19(23)15(2)28-20(24)16-11-13-18(14-12-16)29(25,26)21(3)27-4/h6-15H,5H2,1-4H3/t15-/m0/s1. The fourth-order valence-corrected chi connectivity index (χ4v) is 3.55. The van der Waals surface area contributed by atoms with Crippen LogP contribution in [0.4, 0.5) is 5.69 Å². The number of para-hydroxylation sites is 1. The first-order valence-electron chi connectivity index (χ1n) is 8.92. The number of hydrogen-bond acceptors (Lipinski definition) is 6. The minimum absolute atomic E-state index is 0.0382. The van der Waals surface area contributed by atoms with Gasteiger partial charge < -0.3 is 9.64 Å². The Labute approximate surface area is 170 Å². The minimum atomic E-state index is -3.82. The molecule has 0 radical (unpaired) electrons. The first kappa shape index (κ1) is 22.5. The van der Waals surface area contributed by atoms with Gasteiger partial charge in [-0.2, -0.15) is 0 Å². The van der Waals surface area contributed by atoms with Gasteiger partial charge in [-0.05, 0) is 50.2 Å². The van der Waals surface area contributed by atoms with E-state index in [9.17, 15) is 18.0 Å². The zero-order chi connectivity index (χ0) is 21.6. The maximum atomic E-state index is 12.7. The average Bonchev–Trinajstić information content (AvgIpc) is 2.74. The Morgan fingerprint density at radius 2 is 1.62 bits per heavy atom. The SMILES string of the molecule is CCN(C(=O)[C@H](C)OC(=O)c1ccc(S(=O)(=O)N(C)OC)cc1)c1ccccc1. The summed E-state index contributed by atoms with van der Waals surface area (Å²) in [6.07, 6.45) is -1.01. The van der Waals surface area contributed by atoms with Crippen molar-refractivity contribution in [1.29, 1.82) is 0 Å². The van der Waals surface area contributed by atoms with E-state index in [0.29, 0.717) is 16.7 Å². The summed E-state index contributed by atoms with van der Waals surface area (Å²) in [4.78, 5) is 31.3.